The minimum Gasteiger partial charge on any atom is -0.497 e. The number of benzene rings is 2. The highest BCUT2D eigenvalue weighted by molar-refractivity contribution is 6.30. The summed E-state index contributed by atoms with van der Waals surface area (Å²) in [6.45, 7) is 1.51. The molecule has 0 saturated carbocycles. The number of rotatable bonds is 6. The molecule has 5 rings (SSSR count). The van der Waals surface area contributed by atoms with Crippen molar-refractivity contribution >= 4 is 34.5 Å². The van der Waals surface area contributed by atoms with Crippen LogP contribution in [0.5, 0.6) is 5.75 Å². The van der Waals surface area contributed by atoms with Gasteiger partial charge in [0.2, 0.25) is 0 Å². The normalized spacial score (nSPS) is 14.3. The van der Waals surface area contributed by atoms with Gasteiger partial charge >= 0.3 is 6.09 Å². The summed E-state index contributed by atoms with van der Waals surface area (Å²) in [5.41, 5.74) is 2.65. The van der Waals surface area contributed by atoms with E-state index in [1.165, 1.54) is 4.90 Å². The lowest BCUT2D eigenvalue weighted by molar-refractivity contribution is 0.124. The number of anilines is 1. The number of carbonyl (C=O) groups is 1. The first kappa shape index (κ1) is 22.9. The number of piperidine rings is 1. The zero-order valence-corrected chi connectivity index (χ0v) is 19.9. The highest BCUT2D eigenvalue weighted by Crippen LogP contribution is 2.30. The molecule has 0 radical (unpaired) electrons. The van der Waals surface area contributed by atoms with Gasteiger partial charge in [0.15, 0.2) is 11.5 Å². The maximum Gasteiger partial charge on any atom is 0.407 e. The zero-order chi connectivity index (χ0) is 24.4. The monoisotopic (exact) mass is 492 g/mol. The molecule has 1 saturated heterocycles. The van der Waals surface area contributed by atoms with Crippen LogP contribution in [0.15, 0.2) is 54.7 Å². The largest absolute Gasteiger partial charge is 0.497 e. The van der Waals surface area contributed by atoms with Gasteiger partial charge in [0.25, 0.3) is 0 Å². The minimum atomic E-state index is -0.883. The van der Waals surface area contributed by atoms with Gasteiger partial charge in [0.1, 0.15) is 11.6 Å². The van der Waals surface area contributed by atoms with Crippen LogP contribution in [0.4, 0.5) is 10.6 Å². The molecule has 0 unspecified atom stereocenters. The van der Waals surface area contributed by atoms with Crippen molar-refractivity contribution in [1.82, 2.24) is 24.6 Å². The fourth-order valence-corrected chi connectivity index (χ4v) is 4.41. The summed E-state index contributed by atoms with van der Waals surface area (Å²) in [6.07, 6.45) is 2.25. The van der Waals surface area contributed by atoms with E-state index in [9.17, 15) is 9.90 Å². The third-order valence-corrected chi connectivity index (χ3v) is 6.51. The molecule has 1 aliphatic rings. The summed E-state index contributed by atoms with van der Waals surface area (Å²) in [5.74, 6) is 2.06. The Kier molecular flexibility index (Phi) is 6.41. The SMILES string of the molecule is COc1ccc(CNc2nc(-c3ccc(Cl)cc3)nc3c2cnn3C2CCN(C(=O)O)CC2)cc1. The number of amides is 1. The van der Waals surface area contributed by atoms with Gasteiger partial charge in [-0.15, -0.1) is 0 Å². The van der Waals surface area contributed by atoms with Crippen molar-refractivity contribution in [2.24, 2.45) is 0 Å². The molecular formula is C25H25ClN6O3. The van der Waals surface area contributed by atoms with Crippen molar-refractivity contribution in [3.63, 3.8) is 0 Å². The summed E-state index contributed by atoms with van der Waals surface area (Å²) in [4.78, 5) is 22.4. The third-order valence-electron chi connectivity index (χ3n) is 6.26. The van der Waals surface area contributed by atoms with Crippen molar-refractivity contribution in [2.75, 3.05) is 25.5 Å². The first-order chi connectivity index (χ1) is 17.0. The number of fused-ring (bicyclic) bond motifs is 1. The molecule has 180 valence electrons. The number of hydrogen-bond acceptors (Lipinski definition) is 6. The molecule has 0 spiro atoms. The average Bonchev–Trinajstić information content (AvgIpc) is 3.32. The molecule has 4 aromatic rings. The van der Waals surface area contributed by atoms with Gasteiger partial charge in [-0.05, 0) is 54.8 Å². The number of aromatic nitrogens is 4. The molecule has 3 heterocycles. The van der Waals surface area contributed by atoms with E-state index >= 15 is 0 Å². The summed E-state index contributed by atoms with van der Waals surface area (Å²) >= 11 is 6.09. The second-order valence-electron chi connectivity index (χ2n) is 8.43. The summed E-state index contributed by atoms with van der Waals surface area (Å²) in [6, 6.07) is 15.3. The van der Waals surface area contributed by atoms with Gasteiger partial charge in [0, 0.05) is 30.2 Å². The second kappa shape index (κ2) is 9.79. The maximum absolute atomic E-state index is 11.3. The molecular weight excluding hydrogens is 468 g/mol. The van der Waals surface area contributed by atoms with Crippen molar-refractivity contribution < 1.29 is 14.6 Å². The Labute approximate surface area is 207 Å². The Bertz CT molecular complexity index is 1330. The van der Waals surface area contributed by atoms with Crippen LogP contribution in [0.25, 0.3) is 22.4 Å². The Hall–Kier alpha value is -3.85. The van der Waals surface area contributed by atoms with Gasteiger partial charge in [-0.25, -0.2) is 19.4 Å². The Balaban J connectivity index is 1.49. The van der Waals surface area contributed by atoms with Gasteiger partial charge < -0.3 is 20.1 Å². The second-order valence-corrected chi connectivity index (χ2v) is 8.87. The molecule has 2 N–H and O–H groups in total. The average molecular weight is 493 g/mol. The number of carboxylic acid groups (broad SMARTS) is 1. The van der Waals surface area contributed by atoms with Crippen molar-refractivity contribution in [3.8, 4) is 17.1 Å². The highest BCUT2D eigenvalue weighted by Gasteiger charge is 2.26. The van der Waals surface area contributed by atoms with E-state index in [4.69, 9.17) is 26.3 Å². The Morgan fingerprint density at radius 1 is 1.11 bits per heavy atom. The van der Waals surface area contributed by atoms with Crippen LogP contribution >= 0.6 is 11.6 Å². The molecule has 35 heavy (non-hydrogen) atoms. The lowest BCUT2D eigenvalue weighted by Crippen LogP contribution is -2.38. The summed E-state index contributed by atoms with van der Waals surface area (Å²) in [7, 11) is 1.65. The summed E-state index contributed by atoms with van der Waals surface area (Å²) in [5, 5.41) is 18.8. The van der Waals surface area contributed by atoms with Crippen LogP contribution in [0.3, 0.4) is 0 Å². The van der Waals surface area contributed by atoms with E-state index in [2.05, 4.69) is 10.4 Å². The smallest absolute Gasteiger partial charge is 0.407 e. The third kappa shape index (κ3) is 4.85. The van der Waals surface area contributed by atoms with E-state index in [1.807, 2.05) is 53.2 Å². The van der Waals surface area contributed by atoms with Gasteiger partial charge in [-0.1, -0.05) is 23.7 Å². The first-order valence-electron chi connectivity index (χ1n) is 11.4. The van der Waals surface area contributed by atoms with Crippen molar-refractivity contribution in [1.29, 1.82) is 0 Å². The van der Waals surface area contributed by atoms with E-state index in [0.29, 0.717) is 49.1 Å². The number of nitrogens with one attached hydrogen (secondary N) is 1. The predicted octanol–water partition coefficient (Wildman–Crippen LogP) is 5.08. The predicted molar refractivity (Wildman–Crippen MR) is 134 cm³/mol. The molecule has 9 nitrogen and oxygen atoms in total. The fourth-order valence-electron chi connectivity index (χ4n) is 4.29. The Morgan fingerprint density at radius 2 is 1.83 bits per heavy atom. The van der Waals surface area contributed by atoms with Crippen LogP contribution in [-0.2, 0) is 6.54 Å². The lowest BCUT2D eigenvalue weighted by atomic mass is 10.1. The molecule has 1 amide bonds. The number of hydrogen-bond donors (Lipinski definition) is 2. The summed E-state index contributed by atoms with van der Waals surface area (Å²) < 4.78 is 7.16. The van der Waals surface area contributed by atoms with Crippen LogP contribution in [0.2, 0.25) is 5.02 Å². The lowest BCUT2D eigenvalue weighted by Gasteiger charge is -2.30. The number of methoxy groups -OCH3 is 1. The molecule has 10 heteroatoms. The van der Waals surface area contributed by atoms with Gasteiger partial charge in [-0.2, -0.15) is 5.10 Å². The van der Waals surface area contributed by atoms with E-state index < -0.39 is 6.09 Å². The topological polar surface area (TPSA) is 105 Å². The molecule has 1 fully saturated rings. The van der Waals surface area contributed by atoms with E-state index in [1.54, 1.807) is 13.3 Å². The van der Waals surface area contributed by atoms with E-state index in [0.717, 1.165) is 27.9 Å². The quantitative estimate of drug-likeness (QED) is 0.386. The maximum atomic E-state index is 11.3. The molecule has 0 bridgehead atoms. The van der Waals surface area contributed by atoms with E-state index in [-0.39, 0.29) is 6.04 Å². The molecule has 0 atom stereocenters. The fraction of sp³-hybridized carbons (Fsp3) is 0.280. The number of halogens is 1. The number of nitrogens with zero attached hydrogens (tertiary/aromatic N) is 5. The molecule has 2 aromatic carbocycles. The molecule has 1 aliphatic heterocycles. The van der Waals surface area contributed by atoms with Gasteiger partial charge in [0.05, 0.1) is 24.7 Å². The van der Waals surface area contributed by atoms with Crippen molar-refractivity contribution in [2.45, 2.75) is 25.4 Å². The first-order valence-corrected chi connectivity index (χ1v) is 11.8. The van der Waals surface area contributed by atoms with Crippen LogP contribution in [0, 0.1) is 0 Å². The standard InChI is InChI=1S/C25H25ClN6O3/c1-35-20-8-2-16(3-9-20)14-27-23-21-15-28-32(19-10-12-31(13-11-19)25(33)34)24(21)30-22(29-23)17-4-6-18(26)7-5-17/h2-9,15,19H,10-14H2,1H3,(H,33,34)(H,27,29,30). The molecule has 0 aliphatic carbocycles. The number of ether oxygens (including phenoxy) is 1. The highest BCUT2D eigenvalue weighted by atomic mass is 35.5. The van der Waals surface area contributed by atoms with Crippen molar-refractivity contribution in [3.05, 3.63) is 65.3 Å². The van der Waals surface area contributed by atoms with Crippen LogP contribution in [0.1, 0.15) is 24.4 Å². The minimum absolute atomic E-state index is 0.0607. The van der Waals surface area contributed by atoms with Crippen LogP contribution < -0.4 is 10.1 Å². The Morgan fingerprint density at radius 3 is 2.49 bits per heavy atom. The zero-order valence-electron chi connectivity index (χ0n) is 19.2. The molecule has 2 aromatic heterocycles. The van der Waals surface area contributed by atoms with Gasteiger partial charge in [-0.3, -0.25) is 0 Å². The number of likely N-dealkylation sites (tertiary alicyclic amines) is 1. The van der Waals surface area contributed by atoms with Crippen LogP contribution in [-0.4, -0.2) is 56.0 Å².